The minimum absolute atomic E-state index is 0.587. The van der Waals surface area contributed by atoms with E-state index in [1.54, 1.807) is 0 Å². The zero-order valence-corrected chi connectivity index (χ0v) is 12.2. The van der Waals surface area contributed by atoms with E-state index in [0.29, 0.717) is 11.2 Å². The van der Waals surface area contributed by atoms with Crippen LogP contribution < -0.4 is 5.32 Å². The van der Waals surface area contributed by atoms with E-state index < -0.39 is 0 Å². The summed E-state index contributed by atoms with van der Waals surface area (Å²) in [6.45, 7) is 6.35. The Morgan fingerprint density at radius 1 is 1.28 bits per heavy atom. The Kier molecular flexibility index (Phi) is 4.44. The highest BCUT2D eigenvalue weighted by molar-refractivity contribution is 6.30. The van der Waals surface area contributed by atoms with Crippen LogP contribution in [0.3, 0.4) is 0 Å². The van der Waals surface area contributed by atoms with E-state index in [1.165, 1.54) is 19.3 Å². The van der Waals surface area contributed by atoms with Crippen LogP contribution in [-0.2, 0) is 6.42 Å². The van der Waals surface area contributed by atoms with Gasteiger partial charge in [0.25, 0.3) is 0 Å². The summed E-state index contributed by atoms with van der Waals surface area (Å²) in [5.41, 5.74) is 0.971. The smallest absolute Gasteiger partial charge is 0.137 e. The second-order valence-electron chi connectivity index (χ2n) is 5.19. The fourth-order valence-corrected chi connectivity index (χ4v) is 2.49. The maximum Gasteiger partial charge on any atom is 0.137 e. The van der Waals surface area contributed by atoms with Crippen LogP contribution in [0.25, 0.3) is 0 Å². The topological polar surface area (TPSA) is 37.8 Å². The first-order chi connectivity index (χ1) is 8.65. The Balaban J connectivity index is 2.07. The van der Waals surface area contributed by atoms with Crippen molar-refractivity contribution in [3.8, 4) is 0 Å². The predicted octanol–water partition coefficient (Wildman–Crippen LogP) is 3.99. The number of hydrogen-bond donors (Lipinski definition) is 1. The van der Waals surface area contributed by atoms with Crippen LogP contribution in [-0.4, -0.2) is 16.0 Å². The zero-order valence-electron chi connectivity index (χ0n) is 11.5. The lowest BCUT2D eigenvalue weighted by Gasteiger charge is -2.11. The van der Waals surface area contributed by atoms with Crippen LogP contribution in [0.4, 0.5) is 5.82 Å². The van der Waals surface area contributed by atoms with Gasteiger partial charge < -0.3 is 5.32 Å². The van der Waals surface area contributed by atoms with Gasteiger partial charge in [0, 0.05) is 18.0 Å². The standard InChI is InChI=1S/C14H22ClN3/c1-4-6-10-8-11(10)16-14-9(3)13(15)17-12(18-14)7-5-2/h10-11H,4-8H2,1-3H3,(H,16,17,18). The third-order valence-electron chi connectivity index (χ3n) is 3.51. The van der Waals surface area contributed by atoms with Gasteiger partial charge in [-0.1, -0.05) is 31.9 Å². The number of rotatable bonds is 6. The summed E-state index contributed by atoms with van der Waals surface area (Å²) in [5.74, 6) is 2.60. The Hall–Kier alpha value is -0.830. The molecule has 1 saturated carbocycles. The molecular weight excluding hydrogens is 246 g/mol. The fraction of sp³-hybridized carbons (Fsp3) is 0.714. The van der Waals surface area contributed by atoms with E-state index in [-0.39, 0.29) is 0 Å². The molecule has 4 heteroatoms. The second kappa shape index (κ2) is 5.87. The molecule has 0 amide bonds. The van der Waals surface area contributed by atoms with E-state index in [2.05, 4.69) is 29.1 Å². The number of hydrogen-bond acceptors (Lipinski definition) is 3. The summed E-state index contributed by atoms with van der Waals surface area (Å²) in [4.78, 5) is 8.91. The van der Waals surface area contributed by atoms with Gasteiger partial charge in [-0.15, -0.1) is 0 Å². The molecule has 0 aromatic carbocycles. The molecule has 0 aliphatic heterocycles. The quantitative estimate of drug-likeness (QED) is 0.792. The summed E-state index contributed by atoms with van der Waals surface area (Å²) in [6.07, 6.45) is 5.75. The van der Waals surface area contributed by atoms with E-state index in [0.717, 1.165) is 36.0 Å². The first-order valence-electron chi connectivity index (χ1n) is 6.95. The van der Waals surface area contributed by atoms with Crippen molar-refractivity contribution in [2.45, 2.75) is 58.9 Å². The maximum atomic E-state index is 6.17. The average Bonchev–Trinajstić information content (AvgIpc) is 3.04. The molecule has 0 spiro atoms. The van der Waals surface area contributed by atoms with Crippen molar-refractivity contribution in [2.24, 2.45) is 5.92 Å². The summed E-state index contributed by atoms with van der Waals surface area (Å²) in [7, 11) is 0. The molecule has 1 aromatic rings. The van der Waals surface area contributed by atoms with Crippen molar-refractivity contribution >= 4 is 17.4 Å². The van der Waals surface area contributed by atoms with Crippen molar-refractivity contribution in [2.75, 3.05) is 5.32 Å². The van der Waals surface area contributed by atoms with Gasteiger partial charge in [0.1, 0.15) is 16.8 Å². The first kappa shape index (κ1) is 13.6. The highest BCUT2D eigenvalue weighted by Crippen LogP contribution is 2.37. The van der Waals surface area contributed by atoms with Crippen molar-refractivity contribution < 1.29 is 0 Å². The highest BCUT2D eigenvalue weighted by Gasteiger charge is 2.36. The molecule has 1 aromatic heterocycles. The summed E-state index contributed by atoms with van der Waals surface area (Å²) in [5, 5.41) is 4.11. The number of anilines is 1. The van der Waals surface area contributed by atoms with Gasteiger partial charge in [0.15, 0.2) is 0 Å². The van der Waals surface area contributed by atoms with Crippen LogP contribution in [0.5, 0.6) is 0 Å². The van der Waals surface area contributed by atoms with Crippen molar-refractivity contribution in [3.63, 3.8) is 0 Å². The molecule has 1 aliphatic carbocycles. The van der Waals surface area contributed by atoms with Crippen molar-refractivity contribution in [1.82, 2.24) is 9.97 Å². The molecule has 18 heavy (non-hydrogen) atoms. The van der Waals surface area contributed by atoms with Gasteiger partial charge in [-0.05, 0) is 32.1 Å². The number of aromatic nitrogens is 2. The van der Waals surface area contributed by atoms with Crippen LogP contribution in [0.1, 0.15) is 50.9 Å². The third kappa shape index (κ3) is 3.14. The lowest BCUT2D eigenvalue weighted by atomic mass is 10.2. The molecular formula is C14H22ClN3. The SMILES string of the molecule is CCCc1nc(Cl)c(C)c(NC2CC2CCC)n1. The Morgan fingerprint density at radius 2 is 2.06 bits per heavy atom. The lowest BCUT2D eigenvalue weighted by Crippen LogP contribution is -2.10. The van der Waals surface area contributed by atoms with Crippen LogP contribution in [0.15, 0.2) is 0 Å². The second-order valence-corrected chi connectivity index (χ2v) is 5.55. The van der Waals surface area contributed by atoms with Gasteiger partial charge in [-0.25, -0.2) is 9.97 Å². The Bertz CT molecular complexity index is 420. The number of halogens is 1. The van der Waals surface area contributed by atoms with Gasteiger partial charge in [0.2, 0.25) is 0 Å². The molecule has 1 N–H and O–H groups in total. The monoisotopic (exact) mass is 267 g/mol. The molecule has 3 nitrogen and oxygen atoms in total. The summed E-state index contributed by atoms with van der Waals surface area (Å²) >= 11 is 6.17. The molecule has 1 fully saturated rings. The van der Waals surface area contributed by atoms with Gasteiger partial charge in [0.05, 0.1) is 0 Å². The molecule has 2 unspecified atom stereocenters. The molecule has 2 rings (SSSR count). The zero-order chi connectivity index (χ0) is 13.1. The average molecular weight is 268 g/mol. The normalized spacial score (nSPS) is 22.0. The van der Waals surface area contributed by atoms with Gasteiger partial charge in [-0.2, -0.15) is 0 Å². The highest BCUT2D eigenvalue weighted by atomic mass is 35.5. The Labute approximate surface area is 114 Å². The summed E-state index contributed by atoms with van der Waals surface area (Å²) < 4.78 is 0. The largest absolute Gasteiger partial charge is 0.367 e. The molecule has 2 atom stereocenters. The van der Waals surface area contributed by atoms with Crippen LogP contribution in [0, 0.1) is 12.8 Å². The molecule has 100 valence electrons. The molecule has 1 heterocycles. The molecule has 0 bridgehead atoms. The van der Waals surface area contributed by atoms with Crippen LogP contribution >= 0.6 is 11.6 Å². The number of nitrogens with one attached hydrogen (secondary N) is 1. The van der Waals surface area contributed by atoms with Crippen molar-refractivity contribution in [3.05, 3.63) is 16.5 Å². The van der Waals surface area contributed by atoms with Gasteiger partial charge >= 0.3 is 0 Å². The summed E-state index contributed by atoms with van der Waals surface area (Å²) in [6, 6.07) is 0.587. The molecule has 0 radical (unpaired) electrons. The van der Waals surface area contributed by atoms with Crippen LogP contribution in [0.2, 0.25) is 5.15 Å². The minimum atomic E-state index is 0.587. The predicted molar refractivity (Wildman–Crippen MR) is 76.2 cm³/mol. The minimum Gasteiger partial charge on any atom is -0.367 e. The Morgan fingerprint density at radius 3 is 2.72 bits per heavy atom. The van der Waals surface area contributed by atoms with E-state index in [1.807, 2.05) is 6.92 Å². The third-order valence-corrected chi connectivity index (χ3v) is 3.88. The number of nitrogens with zero attached hydrogens (tertiary/aromatic N) is 2. The van der Waals surface area contributed by atoms with E-state index in [4.69, 9.17) is 11.6 Å². The van der Waals surface area contributed by atoms with E-state index >= 15 is 0 Å². The van der Waals surface area contributed by atoms with Gasteiger partial charge in [-0.3, -0.25) is 0 Å². The number of aryl methyl sites for hydroxylation is 1. The molecule has 1 aliphatic rings. The lowest BCUT2D eigenvalue weighted by molar-refractivity contribution is 0.691. The van der Waals surface area contributed by atoms with Crippen molar-refractivity contribution in [1.29, 1.82) is 0 Å². The fourth-order valence-electron chi connectivity index (χ4n) is 2.30. The maximum absolute atomic E-state index is 6.17. The van der Waals surface area contributed by atoms with E-state index in [9.17, 15) is 0 Å². The first-order valence-corrected chi connectivity index (χ1v) is 7.33. The molecule has 0 saturated heterocycles.